The third-order valence-electron chi connectivity index (χ3n) is 3.90. The van der Waals surface area contributed by atoms with Crippen molar-refractivity contribution < 1.29 is 4.42 Å². The molecular formula is C19H16ClN3O. The van der Waals surface area contributed by atoms with E-state index in [1.54, 1.807) is 0 Å². The van der Waals surface area contributed by atoms with E-state index >= 15 is 0 Å². The van der Waals surface area contributed by atoms with Crippen molar-refractivity contribution in [1.29, 1.82) is 0 Å². The van der Waals surface area contributed by atoms with Crippen molar-refractivity contribution in [3.63, 3.8) is 0 Å². The lowest BCUT2D eigenvalue weighted by molar-refractivity contribution is 0.547. The number of fused-ring (bicyclic) bond motifs is 1. The van der Waals surface area contributed by atoms with Gasteiger partial charge in [-0.2, -0.15) is 0 Å². The van der Waals surface area contributed by atoms with Crippen molar-refractivity contribution in [2.45, 2.75) is 13.8 Å². The Morgan fingerprint density at radius 2 is 1.88 bits per heavy atom. The molecule has 0 saturated heterocycles. The van der Waals surface area contributed by atoms with Crippen LogP contribution < -0.4 is 5.32 Å². The summed E-state index contributed by atoms with van der Waals surface area (Å²) in [5, 5.41) is 4.12. The van der Waals surface area contributed by atoms with Gasteiger partial charge in [-0.05, 0) is 56.3 Å². The van der Waals surface area contributed by atoms with Crippen molar-refractivity contribution in [3.05, 3.63) is 71.1 Å². The van der Waals surface area contributed by atoms with E-state index in [1.807, 2.05) is 55.5 Å². The second-order valence-electron chi connectivity index (χ2n) is 5.72. The van der Waals surface area contributed by atoms with Crippen LogP contribution in [-0.2, 0) is 0 Å². The zero-order chi connectivity index (χ0) is 16.7. The summed E-state index contributed by atoms with van der Waals surface area (Å²) in [4.78, 5) is 4.75. The van der Waals surface area contributed by atoms with Gasteiger partial charge in [-0.15, -0.1) is 0 Å². The van der Waals surface area contributed by atoms with E-state index in [9.17, 15) is 0 Å². The van der Waals surface area contributed by atoms with Gasteiger partial charge in [0.25, 0.3) is 0 Å². The van der Waals surface area contributed by atoms with Crippen LogP contribution in [0.3, 0.4) is 0 Å². The van der Waals surface area contributed by atoms with Crippen LogP contribution in [0, 0.1) is 13.8 Å². The molecule has 0 spiro atoms. The fourth-order valence-corrected chi connectivity index (χ4v) is 3.00. The summed E-state index contributed by atoms with van der Waals surface area (Å²) in [6.45, 7) is 3.98. The van der Waals surface area contributed by atoms with Crippen molar-refractivity contribution >= 4 is 28.8 Å². The number of aryl methyl sites for hydroxylation is 2. The van der Waals surface area contributed by atoms with Gasteiger partial charge < -0.3 is 9.73 Å². The van der Waals surface area contributed by atoms with Crippen LogP contribution in [-0.4, -0.2) is 9.38 Å². The van der Waals surface area contributed by atoms with Gasteiger partial charge in [0, 0.05) is 16.4 Å². The first kappa shape index (κ1) is 14.8. The minimum atomic E-state index is 0.681. The molecule has 0 radical (unpaired) electrons. The Bertz CT molecular complexity index is 1030. The molecule has 0 aliphatic rings. The van der Waals surface area contributed by atoms with E-state index in [1.165, 1.54) is 0 Å². The van der Waals surface area contributed by atoms with Crippen molar-refractivity contribution in [1.82, 2.24) is 9.38 Å². The monoisotopic (exact) mass is 337 g/mol. The SMILES string of the molecule is Cc1ccc(-c2nc3cccc(C)n3c2Nc2cccc(Cl)c2)o1. The third-order valence-corrected chi connectivity index (χ3v) is 4.13. The number of halogens is 1. The van der Waals surface area contributed by atoms with E-state index < -0.39 is 0 Å². The summed E-state index contributed by atoms with van der Waals surface area (Å²) in [6.07, 6.45) is 0. The largest absolute Gasteiger partial charge is 0.460 e. The number of rotatable bonds is 3. The molecule has 0 atom stereocenters. The van der Waals surface area contributed by atoms with E-state index in [4.69, 9.17) is 21.0 Å². The van der Waals surface area contributed by atoms with E-state index in [2.05, 4.69) is 22.7 Å². The Kier molecular flexibility index (Phi) is 3.54. The number of aromatic nitrogens is 2. The Morgan fingerprint density at radius 1 is 1.04 bits per heavy atom. The van der Waals surface area contributed by atoms with Crippen molar-refractivity contribution in [3.8, 4) is 11.5 Å². The Labute approximate surface area is 144 Å². The van der Waals surface area contributed by atoms with Gasteiger partial charge in [0.2, 0.25) is 0 Å². The van der Waals surface area contributed by atoms with Crippen LogP contribution in [0.25, 0.3) is 17.1 Å². The number of hydrogen-bond donors (Lipinski definition) is 1. The Hall–Kier alpha value is -2.72. The molecule has 0 fully saturated rings. The summed E-state index contributed by atoms with van der Waals surface area (Å²) in [5.74, 6) is 2.45. The molecule has 0 bridgehead atoms. The maximum atomic E-state index is 6.11. The summed E-state index contributed by atoms with van der Waals surface area (Å²) in [5.41, 5.74) is 3.62. The van der Waals surface area contributed by atoms with Gasteiger partial charge in [0.05, 0.1) is 0 Å². The molecule has 4 rings (SSSR count). The molecule has 1 N–H and O–H groups in total. The maximum Gasteiger partial charge on any atom is 0.156 e. The zero-order valence-electron chi connectivity index (χ0n) is 13.4. The van der Waals surface area contributed by atoms with Crippen molar-refractivity contribution in [2.75, 3.05) is 5.32 Å². The first-order chi connectivity index (χ1) is 11.6. The van der Waals surface area contributed by atoms with Crippen molar-refractivity contribution in [2.24, 2.45) is 0 Å². The second kappa shape index (κ2) is 5.73. The summed E-state index contributed by atoms with van der Waals surface area (Å²) in [6, 6.07) is 17.5. The molecule has 4 aromatic rings. The number of benzene rings is 1. The highest BCUT2D eigenvalue weighted by molar-refractivity contribution is 6.30. The molecule has 5 heteroatoms. The molecule has 3 aromatic heterocycles. The number of pyridine rings is 1. The smallest absolute Gasteiger partial charge is 0.156 e. The lowest BCUT2D eigenvalue weighted by atomic mass is 10.3. The van der Waals surface area contributed by atoms with Gasteiger partial charge in [0.15, 0.2) is 5.76 Å². The molecule has 4 nitrogen and oxygen atoms in total. The van der Waals surface area contributed by atoms with Crippen LogP contribution in [0.15, 0.2) is 59.0 Å². The number of imidazole rings is 1. The first-order valence-electron chi connectivity index (χ1n) is 7.69. The van der Waals surface area contributed by atoms with Crippen LogP contribution in [0.4, 0.5) is 11.5 Å². The molecule has 0 aliphatic heterocycles. The number of nitrogens with one attached hydrogen (secondary N) is 1. The van der Waals surface area contributed by atoms with E-state index in [0.717, 1.165) is 40.1 Å². The van der Waals surface area contributed by atoms with E-state index in [0.29, 0.717) is 5.02 Å². The molecule has 1 aromatic carbocycles. The van der Waals surface area contributed by atoms with Gasteiger partial charge in [-0.25, -0.2) is 4.98 Å². The van der Waals surface area contributed by atoms with Crippen LogP contribution in [0.1, 0.15) is 11.5 Å². The van der Waals surface area contributed by atoms with Crippen LogP contribution >= 0.6 is 11.6 Å². The zero-order valence-corrected chi connectivity index (χ0v) is 14.1. The summed E-state index contributed by atoms with van der Waals surface area (Å²) >= 11 is 6.11. The third kappa shape index (κ3) is 2.55. The maximum absolute atomic E-state index is 6.11. The fraction of sp³-hybridized carbons (Fsp3) is 0.105. The molecule has 0 aliphatic carbocycles. The minimum absolute atomic E-state index is 0.681. The molecule has 24 heavy (non-hydrogen) atoms. The predicted octanol–water partition coefficient (Wildman–Crippen LogP) is 5.61. The van der Waals surface area contributed by atoms with Gasteiger partial charge >= 0.3 is 0 Å². The average Bonchev–Trinajstić information content (AvgIpc) is 3.12. The molecule has 120 valence electrons. The number of furan rings is 1. The highest BCUT2D eigenvalue weighted by atomic mass is 35.5. The predicted molar refractivity (Wildman–Crippen MR) is 97.1 cm³/mol. The standard InChI is InChI=1S/C19H16ClN3O/c1-12-5-3-8-17-22-18(16-10-9-13(2)24-16)19(23(12)17)21-15-7-4-6-14(20)11-15/h3-11,21H,1-2H3. The number of nitrogens with zero attached hydrogens (tertiary/aromatic N) is 2. The fourth-order valence-electron chi connectivity index (χ4n) is 2.81. The topological polar surface area (TPSA) is 42.5 Å². The normalized spacial score (nSPS) is 11.1. The minimum Gasteiger partial charge on any atom is -0.460 e. The summed E-state index contributed by atoms with van der Waals surface area (Å²) < 4.78 is 7.88. The Balaban J connectivity index is 1.93. The molecule has 0 unspecified atom stereocenters. The lowest BCUT2D eigenvalue weighted by Gasteiger charge is -2.10. The number of hydrogen-bond acceptors (Lipinski definition) is 3. The summed E-state index contributed by atoms with van der Waals surface area (Å²) in [7, 11) is 0. The molecular weight excluding hydrogens is 322 g/mol. The van der Waals surface area contributed by atoms with Crippen LogP contribution in [0.5, 0.6) is 0 Å². The average molecular weight is 338 g/mol. The molecule has 0 saturated carbocycles. The highest BCUT2D eigenvalue weighted by Gasteiger charge is 2.18. The first-order valence-corrected chi connectivity index (χ1v) is 8.07. The van der Waals surface area contributed by atoms with Crippen LogP contribution in [0.2, 0.25) is 5.02 Å². The quantitative estimate of drug-likeness (QED) is 0.528. The van der Waals surface area contributed by atoms with Gasteiger partial charge in [-0.3, -0.25) is 4.40 Å². The Morgan fingerprint density at radius 3 is 2.62 bits per heavy atom. The van der Waals surface area contributed by atoms with Gasteiger partial charge in [-0.1, -0.05) is 23.7 Å². The number of anilines is 2. The second-order valence-corrected chi connectivity index (χ2v) is 6.15. The lowest BCUT2D eigenvalue weighted by Crippen LogP contribution is -1.99. The molecule has 0 amide bonds. The molecule has 3 heterocycles. The highest BCUT2D eigenvalue weighted by Crippen LogP contribution is 2.33. The van der Waals surface area contributed by atoms with E-state index in [-0.39, 0.29) is 0 Å². The van der Waals surface area contributed by atoms with Gasteiger partial charge in [0.1, 0.15) is 22.9 Å².